The summed E-state index contributed by atoms with van der Waals surface area (Å²) in [6, 6.07) is 9.56. The predicted octanol–water partition coefficient (Wildman–Crippen LogP) is 4.80. The molecule has 4 rings (SSSR count). The van der Waals surface area contributed by atoms with E-state index in [9.17, 15) is 13.6 Å². The van der Waals surface area contributed by atoms with Crippen LogP contribution in [-0.2, 0) is 16.9 Å². The third kappa shape index (κ3) is 5.12. The van der Waals surface area contributed by atoms with Gasteiger partial charge in [0.1, 0.15) is 17.6 Å². The summed E-state index contributed by atoms with van der Waals surface area (Å²) in [6.07, 6.45) is 2.52. The molecule has 2 aromatic rings. The highest BCUT2D eigenvalue weighted by Crippen LogP contribution is 2.36. The van der Waals surface area contributed by atoms with E-state index in [1.165, 1.54) is 6.07 Å². The summed E-state index contributed by atoms with van der Waals surface area (Å²) in [4.78, 5) is 12.9. The topological polar surface area (TPSA) is 82.8 Å². The molecular weight excluding hydrogens is 430 g/mol. The van der Waals surface area contributed by atoms with Crippen molar-refractivity contribution in [3.63, 3.8) is 0 Å². The lowest BCUT2D eigenvalue weighted by molar-refractivity contribution is -0.0507. The molecule has 8 heteroatoms. The van der Waals surface area contributed by atoms with E-state index in [-0.39, 0.29) is 29.4 Å². The van der Waals surface area contributed by atoms with Crippen LogP contribution in [0.1, 0.15) is 73.1 Å². The number of fused-ring (bicyclic) bond motifs is 1. The maximum absolute atomic E-state index is 13.1. The lowest BCUT2D eigenvalue weighted by Gasteiger charge is -2.22. The summed E-state index contributed by atoms with van der Waals surface area (Å²) in [5.41, 5.74) is 8.59. The third-order valence-corrected chi connectivity index (χ3v) is 6.41. The molecule has 0 aromatic heterocycles. The summed E-state index contributed by atoms with van der Waals surface area (Å²) >= 11 is 0. The van der Waals surface area contributed by atoms with E-state index in [1.54, 1.807) is 25.1 Å². The number of alkyl halides is 2. The van der Waals surface area contributed by atoms with Crippen molar-refractivity contribution in [1.82, 2.24) is 5.32 Å². The van der Waals surface area contributed by atoms with E-state index >= 15 is 0 Å². The minimum Gasteiger partial charge on any atom is -0.489 e. The SMILES string of the molecule is C[C@H](NC(=O)c1ccc2c(c1)COC2(C)C)c1ccc(O[C@@H]2CCC[C@H]2N)cc1OC(F)F. The molecule has 1 amide bonds. The molecule has 0 bridgehead atoms. The van der Waals surface area contributed by atoms with Gasteiger partial charge in [-0.2, -0.15) is 8.78 Å². The highest BCUT2D eigenvalue weighted by atomic mass is 19.3. The Balaban J connectivity index is 1.50. The summed E-state index contributed by atoms with van der Waals surface area (Å²) < 4.78 is 42.6. The van der Waals surface area contributed by atoms with E-state index in [0.717, 1.165) is 30.4 Å². The molecule has 0 radical (unpaired) electrons. The molecular formula is C25H30F2N2O4. The Morgan fingerprint density at radius 2 is 2.00 bits per heavy atom. The van der Waals surface area contributed by atoms with Crippen molar-refractivity contribution in [3.8, 4) is 11.5 Å². The number of nitrogens with two attached hydrogens (primary N) is 1. The molecule has 1 heterocycles. The number of carbonyl (C=O) groups is 1. The average Bonchev–Trinajstić information content (AvgIpc) is 3.29. The van der Waals surface area contributed by atoms with Crippen molar-refractivity contribution < 1.29 is 27.8 Å². The number of carbonyl (C=O) groups excluding carboxylic acids is 1. The Kier molecular flexibility index (Phi) is 6.59. The summed E-state index contributed by atoms with van der Waals surface area (Å²) in [6.45, 7) is 3.13. The monoisotopic (exact) mass is 460 g/mol. The van der Waals surface area contributed by atoms with Gasteiger partial charge >= 0.3 is 6.61 Å². The quantitative estimate of drug-likeness (QED) is 0.620. The van der Waals surface area contributed by atoms with Gasteiger partial charge in [-0.05, 0) is 75.4 Å². The highest BCUT2D eigenvalue weighted by Gasteiger charge is 2.31. The first kappa shape index (κ1) is 23.4. The Morgan fingerprint density at radius 1 is 1.21 bits per heavy atom. The molecule has 1 fully saturated rings. The van der Waals surface area contributed by atoms with Gasteiger partial charge in [0.2, 0.25) is 0 Å². The van der Waals surface area contributed by atoms with Gasteiger partial charge in [0, 0.05) is 23.2 Å². The second-order valence-electron chi connectivity index (χ2n) is 9.20. The van der Waals surface area contributed by atoms with E-state index in [0.29, 0.717) is 23.5 Å². The van der Waals surface area contributed by atoms with Crippen LogP contribution in [0.5, 0.6) is 11.5 Å². The normalized spacial score (nSPS) is 22.2. The van der Waals surface area contributed by atoms with Crippen molar-refractivity contribution in [2.24, 2.45) is 5.73 Å². The second-order valence-corrected chi connectivity index (χ2v) is 9.20. The van der Waals surface area contributed by atoms with Crippen LogP contribution < -0.4 is 20.5 Å². The molecule has 3 N–H and O–H groups in total. The molecule has 0 saturated heterocycles. The maximum atomic E-state index is 13.1. The number of ether oxygens (including phenoxy) is 3. The van der Waals surface area contributed by atoms with Gasteiger partial charge in [0.05, 0.1) is 18.2 Å². The van der Waals surface area contributed by atoms with Gasteiger partial charge in [0.25, 0.3) is 5.91 Å². The smallest absolute Gasteiger partial charge is 0.387 e. The molecule has 0 unspecified atom stereocenters. The van der Waals surface area contributed by atoms with Gasteiger partial charge in [-0.25, -0.2) is 0 Å². The van der Waals surface area contributed by atoms with Crippen LogP contribution in [0.2, 0.25) is 0 Å². The second kappa shape index (κ2) is 9.27. The number of benzene rings is 2. The maximum Gasteiger partial charge on any atom is 0.387 e. The lowest BCUT2D eigenvalue weighted by Crippen LogP contribution is -2.33. The standard InChI is InChI=1S/C25H30F2N2O4/c1-14(29-23(30)15-7-10-19-16(11-15)13-31-25(19,2)3)18-9-8-17(12-22(18)33-24(26)27)32-21-6-4-5-20(21)28/h7-12,14,20-21,24H,4-6,13,28H2,1-3H3,(H,29,30)/t14-,20+,21+/m0/s1. The first-order chi connectivity index (χ1) is 15.6. The van der Waals surface area contributed by atoms with Crippen molar-refractivity contribution >= 4 is 5.91 Å². The number of rotatable bonds is 7. The van der Waals surface area contributed by atoms with Gasteiger partial charge in [0.15, 0.2) is 0 Å². The molecule has 2 aromatic carbocycles. The fraction of sp³-hybridized carbons (Fsp3) is 0.480. The molecule has 1 aliphatic carbocycles. The fourth-order valence-electron chi connectivity index (χ4n) is 4.55. The Bertz CT molecular complexity index is 1030. The average molecular weight is 461 g/mol. The fourth-order valence-corrected chi connectivity index (χ4v) is 4.55. The zero-order chi connectivity index (χ0) is 23.8. The number of hydrogen-bond acceptors (Lipinski definition) is 5. The molecule has 0 spiro atoms. The van der Waals surface area contributed by atoms with E-state index in [2.05, 4.69) is 5.32 Å². The molecule has 178 valence electrons. The van der Waals surface area contributed by atoms with Crippen LogP contribution in [0.3, 0.4) is 0 Å². The number of hydrogen-bond donors (Lipinski definition) is 2. The molecule has 1 aliphatic heterocycles. The van der Waals surface area contributed by atoms with Crippen molar-refractivity contribution in [2.45, 2.75) is 77.0 Å². The predicted molar refractivity (Wildman–Crippen MR) is 119 cm³/mol. The van der Waals surface area contributed by atoms with Crippen LogP contribution in [-0.4, -0.2) is 24.7 Å². The van der Waals surface area contributed by atoms with Crippen LogP contribution in [0.25, 0.3) is 0 Å². The van der Waals surface area contributed by atoms with E-state index < -0.39 is 12.7 Å². The number of nitrogens with one attached hydrogen (secondary N) is 1. The van der Waals surface area contributed by atoms with Crippen LogP contribution in [0, 0.1) is 0 Å². The minimum absolute atomic E-state index is 0.0361. The highest BCUT2D eigenvalue weighted by molar-refractivity contribution is 5.94. The Labute approximate surface area is 192 Å². The molecule has 2 aliphatic rings. The van der Waals surface area contributed by atoms with Crippen LogP contribution in [0.15, 0.2) is 36.4 Å². The van der Waals surface area contributed by atoms with Gasteiger partial charge in [-0.3, -0.25) is 4.79 Å². The van der Waals surface area contributed by atoms with E-state index in [1.807, 2.05) is 26.0 Å². The molecule has 1 saturated carbocycles. The van der Waals surface area contributed by atoms with Crippen molar-refractivity contribution in [2.75, 3.05) is 0 Å². The zero-order valence-corrected chi connectivity index (χ0v) is 19.1. The van der Waals surface area contributed by atoms with E-state index in [4.69, 9.17) is 19.9 Å². The summed E-state index contributed by atoms with van der Waals surface area (Å²) in [5.74, 6) is 0.0674. The third-order valence-electron chi connectivity index (χ3n) is 6.41. The largest absolute Gasteiger partial charge is 0.489 e. The van der Waals surface area contributed by atoms with Crippen LogP contribution >= 0.6 is 0 Å². The Hall–Kier alpha value is -2.71. The first-order valence-electron chi connectivity index (χ1n) is 11.2. The van der Waals surface area contributed by atoms with Gasteiger partial charge < -0.3 is 25.3 Å². The summed E-state index contributed by atoms with van der Waals surface area (Å²) in [5, 5.41) is 2.87. The number of amides is 1. The van der Waals surface area contributed by atoms with Crippen molar-refractivity contribution in [1.29, 1.82) is 0 Å². The molecule has 6 nitrogen and oxygen atoms in total. The molecule has 33 heavy (non-hydrogen) atoms. The van der Waals surface area contributed by atoms with Gasteiger partial charge in [-0.1, -0.05) is 6.07 Å². The zero-order valence-electron chi connectivity index (χ0n) is 19.1. The number of halogens is 2. The first-order valence-corrected chi connectivity index (χ1v) is 11.2. The van der Waals surface area contributed by atoms with Crippen molar-refractivity contribution in [3.05, 3.63) is 58.7 Å². The van der Waals surface area contributed by atoms with Crippen LogP contribution in [0.4, 0.5) is 8.78 Å². The van der Waals surface area contributed by atoms with Gasteiger partial charge in [-0.15, -0.1) is 0 Å². The minimum atomic E-state index is -3.00. The Morgan fingerprint density at radius 3 is 2.70 bits per heavy atom. The lowest BCUT2D eigenvalue weighted by atomic mass is 9.94. The summed E-state index contributed by atoms with van der Waals surface area (Å²) in [7, 11) is 0. The molecule has 3 atom stereocenters.